The summed E-state index contributed by atoms with van der Waals surface area (Å²) in [5.74, 6) is 0.673. The third-order valence-electron chi connectivity index (χ3n) is 10.7. The Labute approximate surface area is 309 Å². The molecule has 7 aromatic carbocycles. The van der Waals surface area contributed by atoms with Crippen molar-refractivity contribution >= 4 is 57.6 Å². The molecule has 0 unspecified atom stereocenters. The van der Waals surface area contributed by atoms with Crippen molar-refractivity contribution in [2.24, 2.45) is 9.98 Å². The predicted molar refractivity (Wildman–Crippen MR) is 224 cm³/mol. The molecular formula is C49H34N2OSi. The summed E-state index contributed by atoms with van der Waals surface area (Å²) in [4.78, 5) is 10.9. The van der Waals surface area contributed by atoms with E-state index in [-0.39, 0.29) is 0 Å². The van der Waals surface area contributed by atoms with Crippen molar-refractivity contribution in [1.82, 2.24) is 0 Å². The van der Waals surface area contributed by atoms with Crippen LogP contribution in [-0.4, -0.2) is 19.6 Å². The summed E-state index contributed by atoms with van der Waals surface area (Å²) < 4.78 is 6.66. The van der Waals surface area contributed by atoms with Crippen LogP contribution in [0, 0.1) is 0 Å². The van der Waals surface area contributed by atoms with Crippen molar-refractivity contribution in [3.63, 3.8) is 0 Å². The average Bonchev–Trinajstić information content (AvgIpc) is 3.61. The van der Waals surface area contributed by atoms with Crippen LogP contribution in [0.15, 0.2) is 190 Å². The Hall–Kier alpha value is -6.58. The van der Waals surface area contributed by atoms with Crippen molar-refractivity contribution in [3.05, 3.63) is 192 Å². The molecular weight excluding hydrogens is 661 g/mol. The van der Waals surface area contributed by atoms with Crippen molar-refractivity contribution < 1.29 is 4.42 Å². The van der Waals surface area contributed by atoms with Crippen molar-refractivity contribution in [2.75, 3.05) is 0 Å². The Morgan fingerprint density at radius 3 is 1.87 bits per heavy atom. The molecule has 250 valence electrons. The van der Waals surface area contributed by atoms with Crippen molar-refractivity contribution in [1.29, 1.82) is 0 Å². The van der Waals surface area contributed by atoms with Gasteiger partial charge in [-0.15, -0.1) is 0 Å². The molecule has 0 bridgehead atoms. The summed E-state index contributed by atoms with van der Waals surface area (Å²) in [7, 11) is -2.12. The second kappa shape index (κ2) is 12.3. The SMILES string of the molecule is C[Si]1(C)c2ccccc2-c2c(C3=NC(c4cccc5oc6c(-c7ccccc7)cccc6c45)=C=CC(c4ccccc4)=N3)ccc(-c3ccccc3)c21. The number of hydrogen-bond donors (Lipinski definition) is 0. The van der Waals surface area contributed by atoms with Gasteiger partial charge < -0.3 is 4.42 Å². The summed E-state index contributed by atoms with van der Waals surface area (Å²) in [5.41, 5.74) is 17.1. The van der Waals surface area contributed by atoms with Crippen LogP contribution >= 0.6 is 0 Å². The lowest BCUT2D eigenvalue weighted by molar-refractivity contribution is 0.670. The van der Waals surface area contributed by atoms with E-state index < -0.39 is 8.07 Å². The van der Waals surface area contributed by atoms with Crippen LogP contribution in [0.5, 0.6) is 0 Å². The predicted octanol–water partition coefficient (Wildman–Crippen LogP) is 11.2. The van der Waals surface area contributed by atoms with E-state index in [9.17, 15) is 0 Å². The Morgan fingerprint density at radius 2 is 1.11 bits per heavy atom. The van der Waals surface area contributed by atoms with Crippen LogP contribution < -0.4 is 10.4 Å². The molecule has 0 spiro atoms. The number of hydrogen-bond acceptors (Lipinski definition) is 3. The Bertz CT molecular complexity index is 2870. The minimum atomic E-state index is -2.12. The van der Waals surface area contributed by atoms with E-state index in [1.165, 1.54) is 32.6 Å². The molecule has 10 rings (SSSR count). The fraction of sp³-hybridized carbons (Fsp3) is 0.0408. The van der Waals surface area contributed by atoms with E-state index in [1.807, 2.05) is 30.3 Å². The van der Waals surface area contributed by atoms with E-state index in [0.29, 0.717) is 5.84 Å². The lowest BCUT2D eigenvalue weighted by Gasteiger charge is -2.23. The molecule has 0 aliphatic carbocycles. The zero-order valence-electron chi connectivity index (χ0n) is 29.5. The summed E-state index contributed by atoms with van der Waals surface area (Å²) in [6.07, 6.45) is 1.99. The fourth-order valence-electron chi connectivity index (χ4n) is 8.31. The van der Waals surface area contributed by atoms with Crippen LogP contribution in [0.3, 0.4) is 0 Å². The van der Waals surface area contributed by atoms with E-state index in [1.54, 1.807) is 0 Å². The molecule has 0 atom stereocenters. The monoisotopic (exact) mass is 694 g/mol. The first-order valence-electron chi connectivity index (χ1n) is 18.1. The summed E-state index contributed by atoms with van der Waals surface area (Å²) >= 11 is 0. The first-order chi connectivity index (χ1) is 26.1. The van der Waals surface area contributed by atoms with Gasteiger partial charge in [0.05, 0.1) is 5.71 Å². The maximum absolute atomic E-state index is 6.66. The maximum Gasteiger partial charge on any atom is 0.161 e. The van der Waals surface area contributed by atoms with Crippen LogP contribution in [0.4, 0.5) is 0 Å². The van der Waals surface area contributed by atoms with Gasteiger partial charge in [-0.1, -0.05) is 170 Å². The maximum atomic E-state index is 6.66. The number of nitrogens with zero attached hydrogens (tertiary/aromatic N) is 2. The Kier molecular flexibility index (Phi) is 7.22. The number of para-hydroxylation sites is 1. The average molecular weight is 695 g/mol. The van der Waals surface area contributed by atoms with Crippen LogP contribution in [-0.2, 0) is 0 Å². The first-order valence-corrected chi connectivity index (χ1v) is 21.1. The fourth-order valence-corrected chi connectivity index (χ4v) is 11.8. The quantitative estimate of drug-likeness (QED) is 0.131. The largest absolute Gasteiger partial charge is 0.455 e. The second-order valence-electron chi connectivity index (χ2n) is 14.2. The molecule has 0 saturated carbocycles. The van der Waals surface area contributed by atoms with Crippen LogP contribution in [0.1, 0.15) is 16.7 Å². The minimum absolute atomic E-state index is 0.673. The third kappa shape index (κ3) is 5.03. The lowest BCUT2D eigenvalue weighted by Crippen LogP contribution is -2.50. The van der Waals surface area contributed by atoms with Gasteiger partial charge in [-0.2, -0.15) is 0 Å². The summed E-state index contributed by atoms with van der Waals surface area (Å²) in [6, 6.07) is 57.6. The second-order valence-corrected chi connectivity index (χ2v) is 18.5. The van der Waals surface area contributed by atoms with Crippen LogP contribution in [0.2, 0.25) is 13.1 Å². The highest BCUT2D eigenvalue weighted by Gasteiger charge is 2.41. The molecule has 8 aromatic rings. The molecule has 3 heterocycles. The highest BCUT2D eigenvalue weighted by molar-refractivity contribution is 7.04. The molecule has 2 aliphatic rings. The highest BCUT2D eigenvalue weighted by Crippen LogP contribution is 2.41. The van der Waals surface area contributed by atoms with Gasteiger partial charge in [0.2, 0.25) is 0 Å². The normalized spacial score (nSPS) is 14.3. The first kappa shape index (κ1) is 31.2. The smallest absolute Gasteiger partial charge is 0.161 e. The lowest BCUT2D eigenvalue weighted by atomic mass is 9.93. The van der Waals surface area contributed by atoms with Gasteiger partial charge in [-0.25, -0.2) is 9.98 Å². The number of fused-ring (bicyclic) bond motifs is 6. The number of aliphatic imine (C=N–C) groups is 2. The van der Waals surface area contributed by atoms with Gasteiger partial charge in [0.1, 0.15) is 24.9 Å². The van der Waals surface area contributed by atoms with Gasteiger partial charge in [-0.05, 0) is 50.3 Å². The van der Waals surface area contributed by atoms with Crippen LogP contribution in [0.25, 0.3) is 61.0 Å². The topological polar surface area (TPSA) is 37.9 Å². The zero-order chi connectivity index (χ0) is 35.5. The van der Waals surface area contributed by atoms with Crippen molar-refractivity contribution in [2.45, 2.75) is 13.1 Å². The Morgan fingerprint density at radius 1 is 0.509 bits per heavy atom. The number of rotatable bonds is 5. The molecule has 0 N–H and O–H groups in total. The molecule has 3 nitrogen and oxygen atoms in total. The molecule has 0 saturated heterocycles. The summed E-state index contributed by atoms with van der Waals surface area (Å²) in [5, 5.41) is 4.94. The number of furan rings is 1. The molecule has 0 fully saturated rings. The molecule has 0 radical (unpaired) electrons. The van der Waals surface area contributed by atoms with E-state index in [0.717, 1.165) is 61.2 Å². The van der Waals surface area contributed by atoms with Gasteiger partial charge >= 0.3 is 0 Å². The van der Waals surface area contributed by atoms with Crippen molar-refractivity contribution in [3.8, 4) is 33.4 Å². The zero-order valence-corrected chi connectivity index (χ0v) is 30.5. The van der Waals surface area contributed by atoms with Gasteiger partial charge in [0.25, 0.3) is 0 Å². The van der Waals surface area contributed by atoms with E-state index >= 15 is 0 Å². The Balaban J connectivity index is 1.24. The van der Waals surface area contributed by atoms with E-state index in [2.05, 4.69) is 158 Å². The van der Waals surface area contributed by atoms with Gasteiger partial charge in [-0.3, -0.25) is 0 Å². The standard InChI is InChI=1S/C49H34N2OSi/c1-53(2)44-27-13-12-22-38(44)46-40(29-28-36(48(46)53)33-18-8-4-9-19-33)49-50-41(34-20-10-5-11-21-34)30-31-42(51-49)37-24-15-26-43-45(37)39-25-14-23-35(47(39)52-43)32-16-6-3-7-17-32/h3-30H,1-2H3. The number of amidine groups is 1. The minimum Gasteiger partial charge on any atom is -0.455 e. The van der Waals surface area contributed by atoms with Gasteiger partial charge in [0.15, 0.2) is 5.84 Å². The number of benzene rings is 7. The molecule has 0 amide bonds. The third-order valence-corrected chi connectivity index (χ3v) is 14.3. The molecule has 2 aliphatic heterocycles. The summed E-state index contributed by atoms with van der Waals surface area (Å²) in [6.45, 7) is 4.95. The molecule has 53 heavy (non-hydrogen) atoms. The molecule has 4 heteroatoms. The number of allylic oxidation sites excluding steroid dienone is 1. The highest BCUT2D eigenvalue weighted by atomic mass is 28.3. The van der Waals surface area contributed by atoms with Gasteiger partial charge in [0, 0.05) is 39.1 Å². The molecule has 1 aromatic heterocycles. The van der Waals surface area contributed by atoms with E-state index in [4.69, 9.17) is 14.4 Å².